The second kappa shape index (κ2) is 16.7. The van der Waals surface area contributed by atoms with Crippen LogP contribution in [0.3, 0.4) is 0 Å². The zero-order valence-electron chi connectivity index (χ0n) is 23.8. The van der Waals surface area contributed by atoms with Crippen LogP contribution in [0.25, 0.3) is 22.3 Å². The molecule has 6 aromatic rings. The number of pyridine rings is 2. The van der Waals surface area contributed by atoms with Crippen molar-refractivity contribution in [1.82, 2.24) is 54.3 Å². The third kappa shape index (κ3) is 9.13. The van der Waals surface area contributed by atoms with Crippen LogP contribution in [0, 0.1) is 6.92 Å². The Morgan fingerprint density at radius 1 is 0.814 bits per heavy atom. The summed E-state index contributed by atoms with van der Waals surface area (Å²) >= 11 is 5.85. The first-order valence-electron chi connectivity index (χ1n) is 13.7. The lowest BCUT2D eigenvalue weighted by molar-refractivity contribution is 0.112. The minimum atomic E-state index is 0.390. The lowest BCUT2D eigenvalue weighted by atomic mass is 10.2. The monoisotopic (exact) mass is 600 g/mol. The molecule has 0 aliphatic heterocycles. The second-order valence-corrected chi connectivity index (χ2v) is 9.63. The molecule has 0 aromatic carbocycles. The van der Waals surface area contributed by atoms with E-state index in [1.165, 1.54) is 11.9 Å². The summed E-state index contributed by atoms with van der Waals surface area (Å²) in [7, 11) is 0. The molecule has 0 atom stereocenters. The number of nitrogens with one attached hydrogen (secondary N) is 1. The molecule has 0 amide bonds. The first-order chi connectivity index (χ1) is 21.1. The van der Waals surface area contributed by atoms with Gasteiger partial charge < -0.3 is 20.2 Å². The van der Waals surface area contributed by atoms with Crippen LogP contribution in [0.15, 0.2) is 74.4 Å². The fraction of sp³-hybridized carbons (Fsp3) is 0.276. The van der Waals surface area contributed by atoms with Crippen molar-refractivity contribution in [1.29, 1.82) is 0 Å². The largest absolute Gasteiger partial charge is 0.330 e. The highest BCUT2D eigenvalue weighted by Crippen LogP contribution is 2.17. The van der Waals surface area contributed by atoms with Gasteiger partial charge in [0.25, 0.3) is 0 Å². The quantitative estimate of drug-likeness (QED) is 0.134. The van der Waals surface area contributed by atoms with Crippen LogP contribution in [0.5, 0.6) is 0 Å². The third-order valence-corrected chi connectivity index (χ3v) is 6.49. The Hall–Kier alpha value is -4.72. The van der Waals surface area contributed by atoms with Crippen LogP contribution in [-0.4, -0.2) is 68.4 Å². The summed E-state index contributed by atoms with van der Waals surface area (Å²) in [5.41, 5.74) is 11.5. The van der Waals surface area contributed by atoms with Crippen LogP contribution in [0.1, 0.15) is 34.5 Å². The van der Waals surface area contributed by atoms with Gasteiger partial charge in [0.2, 0.25) is 0 Å². The molecule has 3 N–H and O–H groups in total. The first kappa shape index (κ1) is 31.2. The topological polar surface area (TPSA) is 168 Å². The van der Waals surface area contributed by atoms with Crippen LogP contribution < -0.4 is 11.1 Å². The smallest absolute Gasteiger partial charge is 0.164 e. The van der Waals surface area contributed by atoms with Crippen LogP contribution in [-0.2, 0) is 19.6 Å². The molecule has 222 valence electrons. The fourth-order valence-electron chi connectivity index (χ4n) is 3.99. The van der Waals surface area contributed by atoms with E-state index in [4.69, 9.17) is 17.3 Å². The maximum absolute atomic E-state index is 9.98. The average molecular weight is 601 g/mol. The Bertz CT molecular complexity index is 1690. The van der Waals surface area contributed by atoms with Gasteiger partial charge in [0.05, 0.1) is 18.3 Å². The van der Waals surface area contributed by atoms with Crippen molar-refractivity contribution in [2.75, 3.05) is 13.1 Å². The summed E-state index contributed by atoms with van der Waals surface area (Å²) in [5, 5.41) is 3.82. The van der Waals surface area contributed by atoms with Gasteiger partial charge in [0.1, 0.15) is 30.0 Å². The van der Waals surface area contributed by atoms with E-state index in [1.807, 2.05) is 42.3 Å². The molecule has 43 heavy (non-hydrogen) atoms. The van der Waals surface area contributed by atoms with E-state index in [9.17, 15) is 4.79 Å². The van der Waals surface area contributed by atoms with Crippen molar-refractivity contribution < 1.29 is 4.79 Å². The van der Waals surface area contributed by atoms with Crippen molar-refractivity contribution in [3.63, 3.8) is 0 Å². The number of hydrogen-bond acceptors (Lipinski definition) is 11. The molecule has 13 nitrogen and oxygen atoms in total. The molecular formula is C29H33ClN12O. The number of carbonyl (C=O) groups is 1. The molecule has 0 spiro atoms. The van der Waals surface area contributed by atoms with E-state index < -0.39 is 0 Å². The molecule has 6 heterocycles. The molecule has 0 bridgehead atoms. The normalized spacial score (nSPS) is 10.6. The molecule has 14 heteroatoms. The summed E-state index contributed by atoms with van der Waals surface area (Å²) < 4.78 is 4.01. The molecule has 6 aromatic heterocycles. The first-order valence-corrected chi connectivity index (χ1v) is 14.1. The van der Waals surface area contributed by atoms with E-state index in [0.29, 0.717) is 22.8 Å². The van der Waals surface area contributed by atoms with E-state index in [2.05, 4.69) is 49.8 Å². The van der Waals surface area contributed by atoms with Crippen LogP contribution in [0.4, 0.5) is 0 Å². The molecule has 0 saturated heterocycles. The molecule has 0 aliphatic carbocycles. The maximum atomic E-state index is 9.98. The predicted molar refractivity (Wildman–Crippen MR) is 164 cm³/mol. The number of aldehydes is 1. The number of halogens is 1. The van der Waals surface area contributed by atoms with Crippen molar-refractivity contribution in [2.45, 2.75) is 39.4 Å². The van der Waals surface area contributed by atoms with E-state index in [0.717, 1.165) is 67.8 Å². The minimum Gasteiger partial charge on any atom is -0.330 e. The zero-order valence-corrected chi connectivity index (χ0v) is 24.5. The van der Waals surface area contributed by atoms with E-state index in [1.54, 1.807) is 37.2 Å². The van der Waals surface area contributed by atoms with Gasteiger partial charge in [0, 0.05) is 50.0 Å². The molecule has 0 saturated carbocycles. The van der Waals surface area contributed by atoms with Crippen LogP contribution in [0.2, 0.25) is 5.15 Å². The van der Waals surface area contributed by atoms with Gasteiger partial charge in [-0.3, -0.25) is 14.8 Å². The van der Waals surface area contributed by atoms with E-state index in [-0.39, 0.29) is 0 Å². The van der Waals surface area contributed by atoms with Crippen molar-refractivity contribution >= 4 is 40.2 Å². The molecule has 0 radical (unpaired) electrons. The number of rotatable bonds is 10. The summed E-state index contributed by atoms with van der Waals surface area (Å²) in [6.07, 6.45) is 16.1. The fourth-order valence-corrected chi connectivity index (χ4v) is 4.17. The Morgan fingerprint density at radius 3 is 2.07 bits per heavy atom. The van der Waals surface area contributed by atoms with Crippen LogP contribution >= 0.6 is 11.6 Å². The summed E-state index contributed by atoms with van der Waals surface area (Å²) in [4.78, 5) is 42.7. The highest BCUT2D eigenvalue weighted by Gasteiger charge is 2.08. The van der Waals surface area contributed by atoms with Gasteiger partial charge in [-0.2, -0.15) is 0 Å². The lowest BCUT2D eigenvalue weighted by Gasteiger charge is -2.06. The zero-order chi connectivity index (χ0) is 30.3. The number of hydrogen-bond donors (Lipinski definition) is 2. The highest BCUT2D eigenvalue weighted by atomic mass is 35.5. The van der Waals surface area contributed by atoms with Gasteiger partial charge in [0.15, 0.2) is 16.4 Å². The van der Waals surface area contributed by atoms with Gasteiger partial charge in [-0.25, -0.2) is 29.9 Å². The lowest BCUT2D eigenvalue weighted by Crippen LogP contribution is -2.16. The molecule has 0 aliphatic rings. The summed E-state index contributed by atoms with van der Waals surface area (Å²) in [6.45, 7) is 6.13. The number of fused-ring (bicyclic) bond motifs is 2. The average Bonchev–Trinajstić information content (AvgIpc) is 3.67. The van der Waals surface area contributed by atoms with E-state index >= 15 is 0 Å². The summed E-state index contributed by atoms with van der Waals surface area (Å²) in [6, 6.07) is 7.37. The third-order valence-electron chi connectivity index (χ3n) is 6.22. The van der Waals surface area contributed by atoms with Gasteiger partial charge in [-0.05, 0) is 62.7 Å². The molecule has 6 rings (SSSR count). The second-order valence-electron chi connectivity index (χ2n) is 9.27. The Morgan fingerprint density at radius 2 is 1.42 bits per heavy atom. The number of nitrogens with zero attached hydrogens (tertiary/aromatic N) is 10. The molecular weight excluding hydrogens is 568 g/mol. The van der Waals surface area contributed by atoms with Crippen molar-refractivity contribution in [3.05, 3.63) is 96.3 Å². The molecule has 0 fully saturated rings. The molecule has 0 unspecified atom stereocenters. The van der Waals surface area contributed by atoms with Crippen molar-refractivity contribution in [2.24, 2.45) is 5.73 Å². The Balaban J connectivity index is 0.000000165. The standard InChI is InChI=1S/C15H18N6.C8H10ClN5.C6H5NO/c1-12-14-15(19-10-18-12)21(11-20-14)8-2-5-17-9-13-3-6-16-7-4-13;9-7-6-8(12-4-11-7)14(5-13-6)3-1-2-10;8-5-6-1-3-7-4-2-6/h3-4,6-7,10-11,17H,2,5,8-9H2,1H3;4-5H,1-3,10H2;1-5H. The number of aryl methyl sites for hydroxylation is 3. The Kier molecular flexibility index (Phi) is 12.1. The summed E-state index contributed by atoms with van der Waals surface area (Å²) in [5.74, 6) is 0. The van der Waals surface area contributed by atoms with Gasteiger partial charge in [-0.1, -0.05) is 11.6 Å². The maximum Gasteiger partial charge on any atom is 0.164 e. The predicted octanol–water partition coefficient (Wildman–Crippen LogP) is 3.43. The number of nitrogens with two attached hydrogens (primary N) is 1. The highest BCUT2D eigenvalue weighted by molar-refractivity contribution is 6.33. The van der Waals surface area contributed by atoms with Gasteiger partial charge >= 0.3 is 0 Å². The van der Waals surface area contributed by atoms with Gasteiger partial charge in [-0.15, -0.1) is 0 Å². The Labute approximate surface area is 253 Å². The number of imidazole rings is 2. The van der Waals surface area contributed by atoms with Crippen molar-refractivity contribution in [3.8, 4) is 0 Å². The number of carbonyl (C=O) groups excluding carboxylic acids is 1. The number of aromatic nitrogens is 10. The SMILES string of the molecule is Cc1ncnc2c1ncn2CCCNCc1ccncc1.NCCCn1cnc2c(Cl)ncnc21.O=Cc1ccncc1. The minimum absolute atomic E-state index is 0.390.